The van der Waals surface area contributed by atoms with Gasteiger partial charge in [0.15, 0.2) is 0 Å². The van der Waals surface area contributed by atoms with Gasteiger partial charge in [-0.1, -0.05) is 75.6 Å². The average Bonchev–Trinajstić information content (AvgIpc) is 2.83. The Hall–Kier alpha value is -2.20. The maximum atomic E-state index is 5.89. The molecule has 0 heterocycles. The van der Waals surface area contributed by atoms with Crippen LogP contribution in [0.3, 0.4) is 0 Å². The highest BCUT2D eigenvalue weighted by Gasteiger charge is 2.21. The molecule has 0 aliphatic heterocycles. The fourth-order valence-corrected chi connectivity index (χ4v) is 4.45. The summed E-state index contributed by atoms with van der Waals surface area (Å²) in [5.74, 6) is 9.21. The van der Waals surface area contributed by atoms with Gasteiger partial charge >= 0.3 is 0 Å². The van der Waals surface area contributed by atoms with Crippen molar-refractivity contribution in [3.05, 3.63) is 65.2 Å². The molecule has 0 spiro atoms. The smallest absolute Gasteiger partial charge is 0.119 e. The van der Waals surface area contributed by atoms with Crippen LogP contribution in [0.1, 0.15) is 101 Å². The lowest BCUT2D eigenvalue weighted by molar-refractivity contribution is 0.304. The molecular weight excluding hydrogens is 376 g/mol. The Morgan fingerprint density at radius 2 is 1.48 bits per heavy atom. The summed E-state index contributed by atoms with van der Waals surface area (Å²) in [6.07, 6.45) is 13.6. The minimum atomic E-state index is 0.543. The van der Waals surface area contributed by atoms with Gasteiger partial charge in [-0.2, -0.15) is 0 Å². The minimum absolute atomic E-state index is 0.543. The van der Waals surface area contributed by atoms with E-state index in [2.05, 4.69) is 74.2 Å². The van der Waals surface area contributed by atoms with Gasteiger partial charge in [-0.15, -0.1) is 0 Å². The average molecular weight is 417 g/mol. The van der Waals surface area contributed by atoms with Gasteiger partial charge in [0, 0.05) is 11.5 Å². The molecule has 1 aliphatic rings. The van der Waals surface area contributed by atoms with Crippen LogP contribution in [0.2, 0.25) is 0 Å². The van der Waals surface area contributed by atoms with Crippen molar-refractivity contribution >= 4 is 0 Å². The summed E-state index contributed by atoms with van der Waals surface area (Å²) in [5, 5.41) is 0. The lowest BCUT2D eigenvalue weighted by Gasteiger charge is -2.26. The molecule has 0 unspecified atom stereocenters. The third-order valence-corrected chi connectivity index (χ3v) is 6.54. The molecule has 0 saturated heterocycles. The van der Waals surface area contributed by atoms with Gasteiger partial charge in [0.05, 0.1) is 6.61 Å². The van der Waals surface area contributed by atoms with Crippen LogP contribution < -0.4 is 4.74 Å². The molecule has 166 valence electrons. The van der Waals surface area contributed by atoms with Gasteiger partial charge < -0.3 is 4.74 Å². The third-order valence-electron chi connectivity index (χ3n) is 6.54. The van der Waals surface area contributed by atoms with E-state index >= 15 is 0 Å². The molecule has 2 aromatic carbocycles. The van der Waals surface area contributed by atoms with E-state index in [-0.39, 0.29) is 0 Å². The molecule has 1 fully saturated rings. The van der Waals surface area contributed by atoms with Crippen LogP contribution in [0.25, 0.3) is 0 Å². The van der Waals surface area contributed by atoms with E-state index in [0.717, 1.165) is 24.3 Å². The van der Waals surface area contributed by atoms with Crippen LogP contribution in [0.4, 0.5) is 0 Å². The molecule has 0 N–H and O–H groups in total. The van der Waals surface area contributed by atoms with Crippen molar-refractivity contribution < 1.29 is 4.74 Å². The topological polar surface area (TPSA) is 9.23 Å². The zero-order valence-corrected chi connectivity index (χ0v) is 19.7. The first-order valence-corrected chi connectivity index (χ1v) is 12.6. The van der Waals surface area contributed by atoms with Crippen molar-refractivity contribution in [3.8, 4) is 17.6 Å². The molecule has 3 rings (SSSR count). The zero-order valence-electron chi connectivity index (χ0n) is 19.7. The molecule has 1 aliphatic carbocycles. The van der Waals surface area contributed by atoms with Gasteiger partial charge in [0.1, 0.15) is 5.75 Å². The maximum Gasteiger partial charge on any atom is 0.119 e. The Morgan fingerprint density at radius 1 is 0.774 bits per heavy atom. The van der Waals surface area contributed by atoms with E-state index in [0.29, 0.717) is 11.8 Å². The third kappa shape index (κ3) is 8.10. The molecule has 0 radical (unpaired) electrons. The van der Waals surface area contributed by atoms with Crippen molar-refractivity contribution in [2.24, 2.45) is 5.92 Å². The van der Waals surface area contributed by atoms with Gasteiger partial charge in [0.2, 0.25) is 0 Å². The predicted octanol–water partition coefficient (Wildman–Crippen LogP) is 8.31. The number of unbranched alkanes of at least 4 members (excludes halogenated alkanes) is 4. The van der Waals surface area contributed by atoms with Gasteiger partial charge in [-0.25, -0.2) is 0 Å². The van der Waals surface area contributed by atoms with Gasteiger partial charge in [0.25, 0.3) is 0 Å². The predicted molar refractivity (Wildman–Crippen MR) is 133 cm³/mol. The number of aryl methyl sites for hydroxylation is 1. The van der Waals surface area contributed by atoms with E-state index in [1.165, 1.54) is 75.3 Å². The highest BCUT2D eigenvalue weighted by Crippen LogP contribution is 2.36. The van der Waals surface area contributed by atoms with Crippen LogP contribution in [-0.2, 0) is 6.42 Å². The number of ether oxygens (including phenoxy) is 1. The van der Waals surface area contributed by atoms with E-state index in [4.69, 9.17) is 4.74 Å². The summed E-state index contributed by atoms with van der Waals surface area (Å²) in [4.78, 5) is 0. The molecule has 0 bridgehead atoms. The van der Waals surface area contributed by atoms with Crippen molar-refractivity contribution in [1.82, 2.24) is 0 Å². The number of hydrogen-bond donors (Lipinski definition) is 0. The second-order valence-electron chi connectivity index (χ2n) is 9.10. The lowest BCUT2D eigenvalue weighted by Crippen LogP contribution is -2.12. The minimum Gasteiger partial charge on any atom is -0.494 e. The normalized spacial score (nSPS) is 18.3. The Bertz CT molecular complexity index is 798. The highest BCUT2D eigenvalue weighted by atomic mass is 16.5. The van der Waals surface area contributed by atoms with Crippen molar-refractivity contribution in [2.45, 2.75) is 90.4 Å². The fraction of sp³-hybridized carbons (Fsp3) is 0.533. The molecule has 31 heavy (non-hydrogen) atoms. The fourth-order valence-electron chi connectivity index (χ4n) is 4.45. The van der Waals surface area contributed by atoms with Gasteiger partial charge in [-0.3, -0.25) is 0 Å². The van der Waals surface area contributed by atoms with Crippen molar-refractivity contribution in [1.29, 1.82) is 0 Å². The number of benzene rings is 2. The second kappa shape index (κ2) is 13.3. The quantitative estimate of drug-likeness (QED) is 0.279. The second-order valence-corrected chi connectivity index (χ2v) is 9.10. The first-order chi connectivity index (χ1) is 15.3. The van der Waals surface area contributed by atoms with Crippen LogP contribution in [-0.4, -0.2) is 6.61 Å². The molecule has 1 heteroatoms. The Labute approximate surface area is 190 Å². The Morgan fingerprint density at radius 3 is 2.16 bits per heavy atom. The lowest BCUT2D eigenvalue weighted by atomic mass is 9.79. The van der Waals surface area contributed by atoms with Crippen molar-refractivity contribution in [2.75, 3.05) is 6.61 Å². The van der Waals surface area contributed by atoms with E-state index < -0.39 is 0 Å². The van der Waals surface area contributed by atoms with Crippen LogP contribution in [0.15, 0.2) is 48.5 Å². The monoisotopic (exact) mass is 416 g/mol. The molecular formula is C30H40O. The first kappa shape index (κ1) is 23.5. The summed E-state index contributed by atoms with van der Waals surface area (Å²) < 4.78 is 5.89. The summed E-state index contributed by atoms with van der Waals surface area (Å²) in [6, 6.07) is 17.7. The highest BCUT2D eigenvalue weighted by molar-refractivity contribution is 5.37. The molecule has 1 nitrogen and oxygen atoms in total. The maximum absolute atomic E-state index is 5.89. The molecule has 2 aromatic rings. The summed E-state index contributed by atoms with van der Waals surface area (Å²) >= 11 is 0. The van der Waals surface area contributed by atoms with Gasteiger partial charge in [-0.05, 0) is 86.3 Å². The van der Waals surface area contributed by atoms with E-state index in [1.807, 2.05) is 0 Å². The summed E-state index contributed by atoms with van der Waals surface area (Å²) in [6.45, 7) is 5.33. The van der Waals surface area contributed by atoms with Crippen molar-refractivity contribution in [3.63, 3.8) is 0 Å². The zero-order chi connectivity index (χ0) is 21.7. The largest absolute Gasteiger partial charge is 0.494 e. The number of rotatable bonds is 10. The molecule has 0 aromatic heterocycles. The van der Waals surface area contributed by atoms with Crippen LogP contribution >= 0.6 is 0 Å². The van der Waals surface area contributed by atoms with E-state index in [1.54, 1.807) is 0 Å². The van der Waals surface area contributed by atoms with Crippen LogP contribution in [0.5, 0.6) is 5.75 Å². The summed E-state index contributed by atoms with van der Waals surface area (Å²) in [5.41, 5.74) is 4.06. The molecule has 1 saturated carbocycles. The molecule has 0 amide bonds. The molecule has 0 atom stereocenters. The van der Waals surface area contributed by atoms with Crippen LogP contribution in [0, 0.1) is 17.8 Å². The number of hydrogen-bond acceptors (Lipinski definition) is 1. The summed E-state index contributed by atoms with van der Waals surface area (Å²) in [7, 11) is 0. The SMILES string of the molecule is CCCCCCOc1ccc([C@H]2CC[C@H](C#Cc3ccc(CCCC)cc3)CC2)cc1. The Balaban J connectivity index is 1.42. The van der Waals surface area contributed by atoms with E-state index in [9.17, 15) is 0 Å². The standard InChI is InChI=1S/C30H40O/c1-3-5-7-8-24-31-30-22-20-29(21-23-30)28-18-16-27(17-19-28)15-14-26-12-10-25(11-13-26)9-6-4-2/h10-13,20-23,27-28H,3-9,16-19,24H2,1-2H3/t27-,28-. The first-order valence-electron chi connectivity index (χ1n) is 12.6. The Kier molecular flexibility index (Phi) is 10.0.